The van der Waals surface area contributed by atoms with Crippen LogP contribution in [0.1, 0.15) is 0 Å². The molecular weight excluding hydrogens is 392 g/mol. The molecule has 0 atom stereocenters. The second-order valence-corrected chi connectivity index (χ2v) is 0. The maximum atomic E-state index is 0. The molecule has 0 saturated carbocycles. The van der Waals surface area contributed by atoms with Gasteiger partial charge in [-0.3, -0.25) is 0 Å². The third kappa shape index (κ3) is 8.99. The first-order valence-electron chi connectivity index (χ1n) is 0. The van der Waals surface area contributed by atoms with Crippen LogP contribution in [0.5, 0.6) is 0 Å². The maximum absolute atomic E-state index is 0. The van der Waals surface area contributed by atoms with Crippen LogP contribution in [-0.4, -0.2) is 70.4 Å². The van der Waals surface area contributed by atoms with E-state index in [0.29, 0.717) is 0 Å². The number of hydrogen-bond donors (Lipinski definition) is 0. The predicted octanol–water partition coefficient (Wildman–Crippen LogP) is -1.14. The summed E-state index contributed by atoms with van der Waals surface area (Å²) >= 11 is 0. The fraction of sp³-hybridized carbons (Fsp3) is 0. The molecule has 16 valence electrons. The van der Waals surface area contributed by atoms with E-state index in [2.05, 4.69) is 0 Å². The average molecular weight is 392 g/mol. The van der Waals surface area contributed by atoms with Crippen molar-refractivity contribution in [2.24, 2.45) is 0 Å². The molecule has 0 aliphatic rings. The largest absolute Gasteiger partial charge is 2.00 e. The molecule has 4 heteroatoms. The molecule has 0 bridgehead atoms. The normalized spacial score (nSPS) is 0. The van der Waals surface area contributed by atoms with Gasteiger partial charge in [0.05, 0.1) is 0 Å². The van der Waals surface area contributed by atoms with E-state index in [1.807, 2.05) is 0 Å². The van der Waals surface area contributed by atoms with Crippen LogP contribution in [-0.2, 0) is 27.3 Å². The van der Waals surface area contributed by atoms with E-state index < -0.39 is 0 Å². The smallest absolute Gasteiger partial charge is 2.00 e. The number of rotatable bonds is 0. The second-order valence-electron chi connectivity index (χ2n) is 0. The van der Waals surface area contributed by atoms with Crippen LogP contribution in [0.3, 0.4) is 0 Å². The third-order valence-corrected chi connectivity index (χ3v) is 0. The summed E-state index contributed by atoms with van der Waals surface area (Å²) in [4.78, 5) is 0. The first-order chi connectivity index (χ1) is 0. The van der Waals surface area contributed by atoms with Crippen molar-refractivity contribution in [1.82, 2.24) is 0 Å². The Morgan fingerprint density at radius 2 is 0.750 bits per heavy atom. The molecule has 0 unspecified atom stereocenters. The van der Waals surface area contributed by atoms with Crippen LogP contribution in [0.4, 0.5) is 0 Å². The van der Waals surface area contributed by atoms with Crippen molar-refractivity contribution in [2.45, 2.75) is 0 Å². The fourth-order valence-corrected chi connectivity index (χ4v) is 0. The molecule has 0 aromatic heterocycles. The summed E-state index contributed by atoms with van der Waals surface area (Å²) < 4.78 is 0. The van der Waals surface area contributed by atoms with Crippen LogP contribution >= 0.6 is 0 Å². The van der Waals surface area contributed by atoms with Crippen LogP contribution in [0.2, 0.25) is 0 Å². The van der Waals surface area contributed by atoms with E-state index >= 15 is 0 Å². The summed E-state index contributed by atoms with van der Waals surface area (Å²) in [6.45, 7) is 0. The topological polar surface area (TPSA) is 0 Å². The van der Waals surface area contributed by atoms with Crippen molar-refractivity contribution in [3.63, 3.8) is 0 Å². The minimum Gasteiger partial charge on any atom is -2.00 e. The van der Waals surface area contributed by atoms with E-state index in [1.165, 1.54) is 0 Å². The Labute approximate surface area is 95.6 Å². The molecule has 0 aromatic carbocycles. The zero-order valence-corrected chi connectivity index (χ0v) is 12.3. The minimum absolute atomic E-state index is 0. The zero-order valence-electron chi connectivity index (χ0n) is 2.23. The first-order valence-corrected chi connectivity index (χ1v) is 0. The van der Waals surface area contributed by atoms with Gasteiger partial charge in [-0.2, -0.15) is 0 Å². The van der Waals surface area contributed by atoms with Gasteiger partial charge >= 0.3 is 50.4 Å². The molecule has 0 amide bonds. The van der Waals surface area contributed by atoms with Crippen molar-refractivity contribution >= 4 is 70.4 Å². The van der Waals surface area contributed by atoms with Gasteiger partial charge in [0, 0.05) is 0 Å². The fourth-order valence-electron chi connectivity index (χ4n) is 0. The van der Waals surface area contributed by atoms with Crippen molar-refractivity contribution in [1.29, 1.82) is 0 Å². The average Bonchev–Trinajstić information content (AvgIpc) is 0. The van der Waals surface area contributed by atoms with Gasteiger partial charge in [-0.05, 0) is 0 Å². The maximum Gasteiger partial charge on any atom is 2.00 e. The zero-order chi connectivity index (χ0) is 0. The SMILES string of the molecule is [Cd+2].[Mg+2].[Te-2].[Te-2]. The van der Waals surface area contributed by atoms with Crippen molar-refractivity contribution in [3.8, 4) is 0 Å². The van der Waals surface area contributed by atoms with Crippen LogP contribution in [0.15, 0.2) is 0 Å². The van der Waals surface area contributed by atoms with E-state index in [-0.39, 0.29) is 97.7 Å². The van der Waals surface area contributed by atoms with Gasteiger partial charge in [-0.15, -0.1) is 0 Å². The molecule has 0 aromatic rings. The standard InChI is InChI=1S/Cd.Mg.2Te/q2*+2;2*-2. The molecule has 0 heterocycles. The van der Waals surface area contributed by atoms with Gasteiger partial charge in [0.2, 0.25) is 0 Å². The Morgan fingerprint density at radius 1 is 0.750 bits per heavy atom. The summed E-state index contributed by atoms with van der Waals surface area (Å²) in [5, 5.41) is 0. The van der Waals surface area contributed by atoms with Crippen molar-refractivity contribution in [3.05, 3.63) is 0 Å². The van der Waals surface area contributed by atoms with Crippen molar-refractivity contribution < 1.29 is 27.3 Å². The summed E-state index contributed by atoms with van der Waals surface area (Å²) in [5.41, 5.74) is 0. The quantitative estimate of drug-likeness (QED) is 0.458. The monoisotopic (exact) mass is 398 g/mol. The molecule has 0 spiro atoms. The molecule has 0 aliphatic carbocycles. The van der Waals surface area contributed by atoms with Crippen LogP contribution in [0.25, 0.3) is 0 Å². The third-order valence-electron chi connectivity index (χ3n) is 0. The Hall–Kier alpha value is 3.27. The number of hydrogen-bond acceptors (Lipinski definition) is 0. The van der Waals surface area contributed by atoms with Gasteiger partial charge in [0.1, 0.15) is 0 Å². The molecule has 0 aliphatic heterocycles. The van der Waals surface area contributed by atoms with Gasteiger partial charge in [-0.25, -0.2) is 0 Å². The first kappa shape index (κ1) is 26.7. The van der Waals surface area contributed by atoms with E-state index in [4.69, 9.17) is 0 Å². The molecule has 0 nitrogen and oxygen atoms in total. The summed E-state index contributed by atoms with van der Waals surface area (Å²) in [6.07, 6.45) is 0. The molecule has 0 fully saturated rings. The molecule has 4 heavy (non-hydrogen) atoms. The molecule has 0 radical (unpaired) electrons. The summed E-state index contributed by atoms with van der Waals surface area (Å²) in [6, 6.07) is 0. The summed E-state index contributed by atoms with van der Waals surface area (Å²) in [7, 11) is 0. The predicted molar refractivity (Wildman–Crippen MR) is 17.3 cm³/mol. The van der Waals surface area contributed by atoms with Crippen molar-refractivity contribution in [2.75, 3.05) is 0 Å². The van der Waals surface area contributed by atoms with Crippen LogP contribution < -0.4 is 0 Å². The minimum atomic E-state index is 0. The van der Waals surface area contributed by atoms with Gasteiger partial charge < -0.3 is 47.3 Å². The summed E-state index contributed by atoms with van der Waals surface area (Å²) in [5.74, 6) is 0. The van der Waals surface area contributed by atoms with Gasteiger partial charge in [0.15, 0.2) is 0 Å². The van der Waals surface area contributed by atoms with Gasteiger partial charge in [0.25, 0.3) is 0 Å². The van der Waals surface area contributed by atoms with E-state index in [9.17, 15) is 0 Å². The van der Waals surface area contributed by atoms with E-state index in [1.54, 1.807) is 0 Å². The molecular formula is CdMgTe2. The molecule has 0 rings (SSSR count). The van der Waals surface area contributed by atoms with Gasteiger partial charge in [-0.1, -0.05) is 0 Å². The Balaban J connectivity index is 0. The Morgan fingerprint density at radius 3 is 0.750 bits per heavy atom. The molecule has 0 N–H and O–H groups in total. The van der Waals surface area contributed by atoms with Crippen LogP contribution in [0, 0.1) is 0 Å². The second kappa shape index (κ2) is 16.3. The Bertz CT molecular complexity index is 6.00. The molecule has 0 saturated heterocycles. The Kier molecular flexibility index (Phi) is 109. The van der Waals surface area contributed by atoms with E-state index in [0.717, 1.165) is 0 Å².